The number of carbonyl (C=O) groups excluding carboxylic acids is 1. The minimum absolute atomic E-state index is 0.0239. The van der Waals surface area contributed by atoms with Crippen molar-refractivity contribution in [1.82, 2.24) is 9.62 Å². The zero-order chi connectivity index (χ0) is 23.9. The molecule has 12 heteroatoms. The summed E-state index contributed by atoms with van der Waals surface area (Å²) in [5.41, 5.74) is -2.36. The number of amides is 1. The fourth-order valence-corrected chi connectivity index (χ4v) is 6.36. The zero-order valence-corrected chi connectivity index (χ0v) is 19.0. The van der Waals surface area contributed by atoms with Crippen molar-refractivity contribution in [2.75, 3.05) is 12.3 Å². The van der Waals surface area contributed by atoms with Crippen LogP contribution < -0.4 is 5.32 Å². The SMILES string of the molecule is CC(C)(C)OC(=O)NC1=N[C@](C)(c2ccccc2F)CS2(=O)=NC(C(F)(F)F)CCCN12. The van der Waals surface area contributed by atoms with Gasteiger partial charge in [0.2, 0.25) is 5.96 Å². The van der Waals surface area contributed by atoms with E-state index in [0.717, 1.165) is 4.31 Å². The molecule has 3 rings (SSSR count). The standard InChI is InChI=1S/C20H26F4N4O3S/c1-18(2,3)31-17(29)25-16-26-19(4,13-8-5-6-9-14(13)21)12-32(30)27-15(20(22,23)24)10-7-11-28(16)32/h5-6,8-9,15H,7,10-12H2,1-4H3,(H,25,26,29)/t15?,19-,32?/m0/s1. The maximum absolute atomic E-state index is 14.6. The first-order valence-corrected chi connectivity index (χ1v) is 11.7. The van der Waals surface area contributed by atoms with Gasteiger partial charge in [0.1, 0.15) is 26.9 Å². The fraction of sp³-hybridized carbons (Fsp3) is 0.600. The van der Waals surface area contributed by atoms with Gasteiger partial charge < -0.3 is 4.74 Å². The van der Waals surface area contributed by atoms with Crippen molar-refractivity contribution in [2.45, 2.75) is 63.9 Å². The minimum Gasteiger partial charge on any atom is -0.444 e. The van der Waals surface area contributed by atoms with E-state index in [1.807, 2.05) is 0 Å². The summed E-state index contributed by atoms with van der Waals surface area (Å²) < 4.78 is 79.1. The number of alkyl carbamates (subject to hydrolysis) is 1. The normalized spacial score (nSPS) is 28.7. The summed E-state index contributed by atoms with van der Waals surface area (Å²) in [4.78, 5) is 16.9. The van der Waals surface area contributed by atoms with Crippen LogP contribution in [0.2, 0.25) is 0 Å². The van der Waals surface area contributed by atoms with Crippen LogP contribution in [0.3, 0.4) is 0 Å². The van der Waals surface area contributed by atoms with Crippen molar-refractivity contribution in [3.8, 4) is 0 Å². The van der Waals surface area contributed by atoms with Gasteiger partial charge in [0.15, 0.2) is 6.04 Å². The Balaban J connectivity index is 2.15. The first kappa shape index (κ1) is 24.3. The molecule has 0 saturated carbocycles. The molecule has 1 N–H and O–H groups in total. The van der Waals surface area contributed by atoms with E-state index in [1.165, 1.54) is 25.1 Å². The van der Waals surface area contributed by atoms with E-state index in [0.29, 0.717) is 0 Å². The second-order valence-electron chi connectivity index (χ2n) is 8.97. The van der Waals surface area contributed by atoms with Gasteiger partial charge in [-0.25, -0.2) is 22.7 Å². The monoisotopic (exact) mass is 478 g/mol. The quantitative estimate of drug-likeness (QED) is 0.610. The lowest BCUT2D eigenvalue weighted by atomic mass is 9.94. The Morgan fingerprint density at radius 3 is 2.53 bits per heavy atom. The lowest BCUT2D eigenvalue weighted by Gasteiger charge is -2.39. The Hall–Kier alpha value is -2.37. The van der Waals surface area contributed by atoms with Gasteiger partial charge in [-0.1, -0.05) is 18.2 Å². The van der Waals surface area contributed by atoms with E-state index in [2.05, 4.69) is 14.7 Å². The number of alkyl halides is 3. The van der Waals surface area contributed by atoms with Crippen molar-refractivity contribution in [1.29, 1.82) is 0 Å². The topological polar surface area (TPSA) is 83.4 Å². The van der Waals surface area contributed by atoms with Gasteiger partial charge >= 0.3 is 12.3 Å². The number of nitrogens with one attached hydrogen (secondary N) is 1. The first-order valence-electron chi connectivity index (χ1n) is 10.1. The maximum atomic E-state index is 14.6. The molecule has 2 unspecified atom stereocenters. The summed E-state index contributed by atoms with van der Waals surface area (Å²) in [7, 11) is -3.74. The van der Waals surface area contributed by atoms with Crippen molar-refractivity contribution in [2.24, 2.45) is 9.36 Å². The largest absolute Gasteiger partial charge is 0.444 e. The molecule has 1 amide bonds. The van der Waals surface area contributed by atoms with E-state index >= 15 is 0 Å². The molecule has 0 aromatic heterocycles. The Morgan fingerprint density at radius 2 is 1.94 bits per heavy atom. The zero-order valence-electron chi connectivity index (χ0n) is 18.2. The highest BCUT2D eigenvalue weighted by Crippen LogP contribution is 2.38. The van der Waals surface area contributed by atoms with Gasteiger partial charge in [-0.05, 0) is 46.6 Å². The molecule has 1 aromatic carbocycles. The number of guanidine groups is 1. The summed E-state index contributed by atoms with van der Waals surface area (Å²) >= 11 is 0. The Labute approximate surface area is 184 Å². The number of halogens is 4. The molecule has 2 aliphatic rings. The number of carbonyl (C=O) groups is 1. The van der Waals surface area contributed by atoms with Gasteiger partial charge in [-0.3, -0.25) is 9.62 Å². The summed E-state index contributed by atoms with van der Waals surface area (Å²) in [6.45, 7) is 6.29. The van der Waals surface area contributed by atoms with E-state index in [-0.39, 0.29) is 30.9 Å². The van der Waals surface area contributed by atoms with E-state index < -0.39 is 50.9 Å². The lowest BCUT2D eigenvalue weighted by molar-refractivity contribution is -0.147. The van der Waals surface area contributed by atoms with E-state index in [9.17, 15) is 26.6 Å². The van der Waals surface area contributed by atoms with Gasteiger partial charge in [0, 0.05) is 12.1 Å². The molecular formula is C20H26F4N4O3S. The Morgan fingerprint density at radius 1 is 1.28 bits per heavy atom. The second-order valence-corrected chi connectivity index (χ2v) is 11.1. The van der Waals surface area contributed by atoms with E-state index in [4.69, 9.17) is 4.74 Å². The molecular weight excluding hydrogens is 452 g/mol. The average Bonchev–Trinajstić information content (AvgIpc) is 2.78. The molecule has 7 nitrogen and oxygen atoms in total. The highest BCUT2D eigenvalue weighted by Gasteiger charge is 2.48. The predicted octanol–water partition coefficient (Wildman–Crippen LogP) is 4.34. The number of hydrogen-bond acceptors (Lipinski definition) is 5. The molecule has 1 aromatic rings. The lowest BCUT2D eigenvalue weighted by Crippen LogP contribution is -2.55. The third kappa shape index (κ3) is 5.16. The fourth-order valence-electron chi connectivity index (χ4n) is 3.67. The summed E-state index contributed by atoms with van der Waals surface area (Å²) in [5.74, 6) is -1.38. The molecule has 0 bridgehead atoms. The first-order chi connectivity index (χ1) is 14.6. The molecule has 0 fully saturated rings. The minimum atomic E-state index is -4.68. The van der Waals surface area contributed by atoms with Crippen molar-refractivity contribution >= 4 is 22.0 Å². The number of hydrogen-bond donors (Lipinski definition) is 1. The smallest absolute Gasteiger partial charge is 0.414 e. The van der Waals surface area contributed by atoms with Crippen LogP contribution >= 0.6 is 0 Å². The third-order valence-electron chi connectivity index (χ3n) is 4.98. The van der Waals surface area contributed by atoms with Gasteiger partial charge in [-0.2, -0.15) is 13.2 Å². The molecule has 3 atom stereocenters. The predicted molar refractivity (Wildman–Crippen MR) is 112 cm³/mol. The maximum Gasteiger partial charge on any atom is 0.414 e. The molecule has 0 radical (unpaired) electrons. The molecule has 32 heavy (non-hydrogen) atoms. The number of aliphatic imine (C=N–C) groups is 1. The van der Waals surface area contributed by atoms with Crippen LogP contribution in [0.4, 0.5) is 22.4 Å². The third-order valence-corrected chi connectivity index (χ3v) is 7.54. The summed E-state index contributed by atoms with van der Waals surface area (Å²) in [6, 6.07) is 3.46. The van der Waals surface area contributed by atoms with Crippen LogP contribution in [0.5, 0.6) is 0 Å². The van der Waals surface area contributed by atoms with Crippen LogP contribution in [0, 0.1) is 5.82 Å². The number of rotatable bonds is 1. The average molecular weight is 479 g/mol. The summed E-state index contributed by atoms with van der Waals surface area (Å²) in [5, 5.41) is 2.40. The number of benzene rings is 1. The Kier molecular flexibility index (Phi) is 6.22. The van der Waals surface area contributed by atoms with Crippen LogP contribution in [-0.4, -0.2) is 50.7 Å². The molecule has 2 aliphatic heterocycles. The van der Waals surface area contributed by atoms with Gasteiger partial charge in [-0.15, -0.1) is 0 Å². The van der Waals surface area contributed by atoms with Crippen LogP contribution in [0.25, 0.3) is 0 Å². The molecule has 0 aliphatic carbocycles. The highest BCUT2D eigenvalue weighted by atomic mass is 32.2. The van der Waals surface area contributed by atoms with Crippen LogP contribution in [0.15, 0.2) is 33.6 Å². The molecule has 2 heterocycles. The molecule has 0 spiro atoms. The molecule has 0 saturated heterocycles. The van der Waals surface area contributed by atoms with Crippen molar-refractivity contribution < 1.29 is 31.3 Å². The van der Waals surface area contributed by atoms with E-state index in [1.54, 1.807) is 26.8 Å². The number of ether oxygens (including phenoxy) is 1. The number of fused-ring (bicyclic) bond motifs is 1. The second kappa shape index (κ2) is 8.20. The van der Waals surface area contributed by atoms with Gasteiger partial charge in [0.25, 0.3) is 0 Å². The van der Waals surface area contributed by atoms with Crippen molar-refractivity contribution in [3.05, 3.63) is 35.6 Å². The van der Waals surface area contributed by atoms with Crippen molar-refractivity contribution in [3.63, 3.8) is 0 Å². The van der Waals surface area contributed by atoms with Crippen LogP contribution in [-0.2, 0) is 20.2 Å². The highest BCUT2D eigenvalue weighted by molar-refractivity contribution is 7.92. The molecule has 178 valence electrons. The number of nitrogens with zero attached hydrogens (tertiary/aromatic N) is 3. The van der Waals surface area contributed by atoms with Crippen LogP contribution in [0.1, 0.15) is 46.1 Å². The Bertz CT molecular complexity index is 1040. The van der Waals surface area contributed by atoms with Gasteiger partial charge in [0.05, 0.1) is 5.75 Å². The summed E-state index contributed by atoms with van der Waals surface area (Å²) in [6.07, 6.45) is -5.93.